The summed E-state index contributed by atoms with van der Waals surface area (Å²) >= 11 is 5.72. The van der Waals surface area contributed by atoms with Crippen molar-refractivity contribution in [2.75, 3.05) is 12.9 Å². The molecular weight excluding hydrogens is 264 g/mol. The minimum atomic E-state index is -3.38. The number of carbonyl (C=O) groups is 1. The largest absolute Gasteiger partial charge is 0.469 e. The van der Waals surface area contributed by atoms with Crippen molar-refractivity contribution in [1.82, 2.24) is 0 Å². The third kappa shape index (κ3) is 4.36. The Hall–Kier alpha value is -1.07. The lowest BCUT2D eigenvalue weighted by Crippen LogP contribution is -2.09. The SMILES string of the molecule is COC(=O)CCCS(=O)(=O)c1cccc(Cl)c1. The zero-order valence-corrected chi connectivity index (χ0v) is 10.9. The standard InChI is InChI=1S/C11H13ClO4S/c1-16-11(13)6-3-7-17(14,15)10-5-2-4-9(12)8-10/h2,4-5,8H,3,6-7H2,1H3. The lowest BCUT2D eigenvalue weighted by Gasteiger charge is -2.04. The Morgan fingerprint density at radius 2 is 2.12 bits per heavy atom. The number of carbonyl (C=O) groups excluding carboxylic acids is 1. The quantitative estimate of drug-likeness (QED) is 0.773. The number of halogens is 1. The van der Waals surface area contributed by atoms with E-state index in [1.807, 2.05) is 0 Å². The molecular formula is C11H13ClO4S. The fourth-order valence-corrected chi connectivity index (χ4v) is 2.89. The molecule has 94 valence electrons. The molecule has 0 radical (unpaired) electrons. The number of rotatable bonds is 5. The molecule has 0 N–H and O–H groups in total. The minimum Gasteiger partial charge on any atom is -0.469 e. The first-order valence-corrected chi connectivity index (χ1v) is 7.04. The summed E-state index contributed by atoms with van der Waals surface area (Å²) in [4.78, 5) is 11.0. The number of ether oxygens (including phenoxy) is 1. The van der Waals surface area contributed by atoms with Crippen molar-refractivity contribution < 1.29 is 17.9 Å². The van der Waals surface area contributed by atoms with Gasteiger partial charge >= 0.3 is 5.97 Å². The van der Waals surface area contributed by atoms with E-state index in [0.717, 1.165) is 0 Å². The van der Waals surface area contributed by atoms with Crippen molar-refractivity contribution >= 4 is 27.4 Å². The van der Waals surface area contributed by atoms with Crippen LogP contribution in [0, 0.1) is 0 Å². The summed E-state index contributed by atoms with van der Waals surface area (Å²) in [6.07, 6.45) is 0.331. The molecule has 0 aliphatic rings. The Labute approximate surface area is 105 Å². The van der Waals surface area contributed by atoms with Crippen molar-refractivity contribution in [2.45, 2.75) is 17.7 Å². The van der Waals surface area contributed by atoms with Crippen LogP contribution in [0.15, 0.2) is 29.2 Å². The van der Waals surface area contributed by atoms with Crippen LogP contribution in [0.5, 0.6) is 0 Å². The number of esters is 1. The molecule has 0 unspecified atom stereocenters. The van der Waals surface area contributed by atoms with Crippen LogP contribution < -0.4 is 0 Å². The molecule has 0 fully saturated rings. The molecule has 0 amide bonds. The number of hydrogen-bond acceptors (Lipinski definition) is 4. The summed E-state index contributed by atoms with van der Waals surface area (Å²) in [5, 5.41) is 0.374. The normalized spacial score (nSPS) is 11.2. The maximum atomic E-state index is 11.8. The van der Waals surface area contributed by atoms with Gasteiger partial charge in [0.15, 0.2) is 9.84 Å². The van der Waals surface area contributed by atoms with Crippen LogP contribution in [-0.2, 0) is 19.4 Å². The third-order valence-electron chi connectivity index (χ3n) is 2.18. The van der Waals surface area contributed by atoms with Crippen LogP contribution in [0.4, 0.5) is 0 Å². The van der Waals surface area contributed by atoms with Crippen molar-refractivity contribution in [3.63, 3.8) is 0 Å². The molecule has 0 heterocycles. The van der Waals surface area contributed by atoms with Gasteiger partial charge in [-0.2, -0.15) is 0 Å². The molecule has 0 aromatic heterocycles. The van der Waals surface area contributed by atoms with Crippen LogP contribution in [0.2, 0.25) is 5.02 Å². The fraction of sp³-hybridized carbons (Fsp3) is 0.364. The molecule has 0 aliphatic carbocycles. The second kappa shape index (κ2) is 6.02. The molecule has 0 atom stereocenters. The second-order valence-corrected chi connectivity index (χ2v) is 6.00. The Kier molecular flexibility index (Phi) is 4.96. The first-order valence-electron chi connectivity index (χ1n) is 5.01. The number of methoxy groups -OCH3 is 1. The van der Waals surface area contributed by atoms with Crippen LogP contribution >= 0.6 is 11.6 Å². The van der Waals surface area contributed by atoms with E-state index in [0.29, 0.717) is 5.02 Å². The van der Waals surface area contributed by atoms with Gasteiger partial charge < -0.3 is 4.74 Å². The van der Waals surface area contributed by atoms with Crippen LogP contribution in [0.25, 0.3) is 0 Å². The van der Waals surface area contributed by atoms with Gasteiger partial charge in [-0.25, -0.2) is 8.42 Å². The maximum absolute atomic E-state index is 11.8. The van der Waals surface area contributed by atoms with Crippen LogP contribution in [-0.4, -0.2) is 27.2 Å². The molecule has 1 aromatic rings. The zero-order valence-electron chi connectivity index (χ0n) is 9.35. The molecule has 4 nitrogen and oxygen atoms in total. The monoisotopic (exact) mass is 276 g/mol. The van der Waals surface area contributed by atoms with Gasteiger partial charge in [-0.05, 0) is 24.6 Å². The van der Waals surface area contributed by atoms with Crippen molar-refractivity contribution in [2.24, 2.45) is 0 Å². The van der Waals surface area contributed by atoms with Gasteiger partial charge in [-0.1, -0.05) is 17.7 Å². The molecule has 1 rings (SSSR count). The van der Waals surface area contributed by atoms with Gasteiger partial charge in [-0.3, -0.25) is 4.79 Å². The highest BCUT2D eigenvalue weighted by atomic mass is 35.5. The number of benzene rings is 1. The van der Waals surface area contributed by atoms with Gasteiger partial charge in [0.25, 0.3) is 0 Å². The third-order valence-corrected chi connectivity index (χ3v) is 4.21. The van der Waals surface area contributed by atoms with E-state index in [1.165, 1.54) is 19.2 Å². The average Bonchev–Trinajstić information content (AvgIpc) is 2.28. The van der Waals surface area contributed by atoms with E-state index in [-0.39, 0.29) is 23.5 Å². The lowest BCUT2D eigenvalue weighted by atomic mass is 10.3. The molecule has 0 spiro atoms. The highest BCUT2D eigenvalue weighted by Gasteiger charge is 2.15. The average molecular weight is 277 g/mol. The molecule has 6 heteroatoms. The van der Waals surface area contributed by atoms with Gasteiger partial charge in [0, 0.05) is 11.4 Å². The fourth-order valence-electron chi connectivity index (χ4n) is 1.29. The van der Waals surface area contributed by atoms with Crippen molar-refractivity contribution in [3.8, 4) is 0 Å². The summed E-state index contributed by atoms with van der Waals surface area (Å²) in [5.41, 5.74) is 0. The Balaban J connectivity index is 2.66. The zero-order chi connectivity index (χ0) is 12.9. The molecule has 0 saturated heterocycles. The molecule has 0 saturated carbocycles. The highest BCUT2D eigenvalue weighted by molar-refractivity contribution is 7.91. The van der Waals surface area contributed by atoms with Crippen molar-refractivity contribution in [1.29, 1.82) is 0 Å². The summed E-state index contributed by atoms with van der Waals surface area (Å²) in [6.45, 7) is 0. The molecule has 17 heavy (non-hydrogen) atoms. The predicted octanol–water partition coefficient (Wildman–Crippen LogP) is 2.07. The smallest absolute Gasteiger partial charge is 0.305 e. The van der Waals surface area contributed by atoms with Crippen molar-refractivity contribution in [3.05, 3.63) is 29.3 Å². The molecule has 1 aromatic carbocycles. The summed E-state index contributed by atoms with van der Waals surface area (Å²) in [6, 6.07) is 6.07. The lowest BCUT2D eigenvalue weighted by molar-refractivity contribution is -0.140. The van der Waals surface area contributed by atoms with Gasteiger partial charge in [0.2, 0.25) is 0 Å². The van der Waals surface area contributed by atoms with Gasteiger partial charge in [0.05, 0.1) is 17.8 Å². The highest BCUT2D eigenvalue weighted by Crippen LogP contribution is 2.17. The molecule has 0 bridgehead atoms. The summed E-state index contributed by atoms with van der Waals surface area (Å²) < 4.78 is 28.1. The second-order valence-electron chi connectivity index (χ2n) is 3.46. The summed E-state index contributed by atoms with van der Waals surface area (Å²) in [5.74, 6) is -0.506. The first kappa shape index (κ1) is 14.0. The Morgan fingerprint density at radius 1 is 1.41 bits per heavy atom. The Morgan fingerprint density at radius 3 is 2.71 bits per heavy atom. The van der Waals surface area contributed by atoms with E-state index in [2.05, 4.69) is 4.74 Å². The predicted molar refractivity (Wildman–Crippen MR) is 64.8 cm³/mol. The Bertz CT molecular complexity index is 496. The molecule has 0 aliphatic heterocycles. The van der Waals surface area contributed by atoms with Gasteiger partial charge in [0.1, 0.15) is 0 Å². The number of sulfone groups is 1. The van der Waals surface area contributed by atoms with E-state index >= 15 is 0 Å². The van der Waals surface area contributed by atoms with E-state index in [9.17, 15) is 13.2 Å². The first-order chi connectivity index (χ1) is 7.95. The van der Waals surface area contributed by atoms with Gasteiger partial charge in [-0.15, -0.1) is 0 Å². The van der Waals surface area contributed by atoms with Crippen LogP contribution in [0.1, 0.15) is 12.8 Å². The van der Waals surface area contributed by atoms with E-state index in [1.54, 1.807) is 12.1 Å². The minimum absolute atomic E-state index is 0.0935. The maximum Gasteiger partial charge on any atom is 0.305 e. The van der Waals surface area contributed by atoms with E-state index < -0.39 is 15.8 Å². The summed E-state index contributed by atoms with van der Waals surface area (Å²) in [7, 11) is -2.11. The van der Waals surface area contributed by atoms with E-state index in [4.69, 9.17) is 11.6 Å². The van der Waals surface area contributed by atoms with Crippen LogP contribution in [0.3, 0.4) is 0 Å². The topological polar surface area (TPSA) is 60.4 Å². The number of hydrogen-bond donors (Lipinski definition) is 0.